The first-order valence-electron chi connectivity index (χ1n) is 3.42. The average Bonchev–Trinajstić information content (AvgIpc) is 2.03. The van der Waals surface area contributed by atoms with Crippen molar-refractivity contribution in [3.05, 3.63) is 35.3 Å². The van der Waals surface area contributed by atoms with Gasteiger partial charge in [-0.3, -0.25) is 0 Å². The fourth-order valence-electron chi connectivity index (χ4n) is 0.821. The minimum Gasteiger partial charge on any atom is -0.619 e. The molecule has 0 fully saturated rings. The van der Waals surface area contributed by atoms with Crippen LogP contribution in [0.2, 0.25) is 0 Å². The maximum absolute atomic E-state index is 12.0. The molecule has 1 aromatic rings. The van der Waals surface area contributed by atoms with E-state index >= 15 is 0 Å². The van der Waals surface area contributed by atoms with Gasteiger partial charge in [0.2, 0.25) is 0 Å². The molecule has 0 bridgehead atoms. The summed E-state index contributed by atoms with van der Waals surface area (Å²) < 4.78 is 36.5. The van der Waals surface area contributed by atoms with Gasteiger partial charge in [-0.15, -0.1) is 0 Å². The van der Waals surface area contributed by atoms with Crippen molar-refractivity contribution in [1.82, 2.24) is 0 Å². The van der Waals surface area contributed by atoms with Gasteiger partial charge in [-0.1, -0.05) is 0 Å². The fraction of sp³-hybridized carbons (Fsp3) is 0.286. The monoisotopic (exact) mass is 192 g/mol. The first-order chi connectivity index (χ1) is 5.91. The second-order valence-corrected chi connectivity index (χ2v) is 2.51. The molecule has 0 aliphatic carbocycles. The number of alkyl halides is 3. The summed E-state index contributed by atoms with van der Waals surface area (Å²) in [5.74, 6) is 0. The third kappa shape index (κ3) is 2.32. The van der Waals surface area contributed by atoms with Gasteiger partial charge < -0.3 is 10.9 Å². The molecule has 0 saturated carbocycles. The lowest BCUT2D eigenvalue weighted by Crippen LogP contribution is -2.30. The molecule has 1 heterocycles. The Morgan fingerprint density at radius 3 is 2.15 bits per heavy atom. The molecule has 0 amide bonds. The largest absolute Gasteiger partial charge is 0.619 e. The van der Waals surface area contributed by atoms with Gasteiger partial charge in [-0.2, -0.15) is 17.9 Å². The minimum atomic E-state index is -4.48. The normalized spacial score (nSPS) is 14.2. The zero-order chi connectivity index (χ0) is 10.1. The van der Waals surface area contributed by atoms with Gasteiger partial charge in [-0.25, -0.2) is 0 Å². The number of hydrogen-bond donors (Lipinski definition) is 1. The van der Waals surface area contributed by atoms with Crippen LogP contribution in [0.3, 0.4) is 0 Å². The number of nitrogens with two attached hydrogens (primary N) is 1. The van der Waals surface area contributed by atoms with E-state index in [-0.39, 0.29) is 5.56 Å². The van der Waals surface area contributed by atoms with Crippen LogP contribution in [0.15, 0.2) is 24.5 Å². The summed E-state index contributed by atoms with van der Waals surface area (Å²) in [6, 6.07) is 0.0600. The van der Waals surface area contributed by atoms with Gasteiger partial charge in [0.1, 0.15) is 6.04 Å². The number of pyridine rings is 1. The molecule has 1 rings (SSSR count). The van der Waals surface area contributed by atoms with Crippen molar-refractivity contribution in [3.8, 4) is 0 Å². The van der Waals surface area contributed by atoms with E-state index in [1.807, 2.05) is 0 Å². The third-order valence-electron chi connectivity index (χ3n) is 1.54. The predicted octanol–water partition coefficient (Wildman–Crippen LogP) is 0.882. The second kappa shape index (κ2) is 3.21. The Bertz CT molecular complexity index is 283. The Balaban J connectivity index is 2.90. The van der Waals surface area contributed by atoms with Crippen LogP contribution < -0.4 is 10.5 Å². The number of halogens is 3. The Morgan fingerprint density at radius 2 is 1.77 bits per heavy atom. The van der Waals surface area contributed by atoms with Crippen molar-refractivity contribution in [2.75, 3.05) is 0 Å². The second-order valence-electron chi connectivity index (χ2n) is 2.51. The third-order valence-corrected chi connectivity index (χ3v) is 1.54. The molecule has 72 valence electrons. The lowest BCUT2D eigenvalue weighted by atomic mass is 10.1. The van der Waals surface area contributed by atoms with E-state index in [0.29, 0.717) is 4.73 Å². The minimum absolute atomic E-state index is 0.125. The highest BCUT2D eigenvalue weighted by molar-refractivity contribution is 5.14. The summed E-state index contributed by atoms with van der Waals surface area (Å²) in [6.45, 7) is 0. The van der Waals surface area contributed by atoms with Gasteiger partial charge in [0.05, 0.1) is 0 Å². The molecule has 13 heavy (non-hydrogen) atoms. The molecule has 3 nitrogen and oxygen atoms in total. The lowest BCUT2D eigenvalue weighted by molar-refractivity contribution is -0.605. The molecular formula is C7H7F3N2O. The van der Waals surface area contributed by atoms with Crippen LogP contribution in [0.5, 0.6) is 0 Å². The zero-order valence-corrected chi connectivity index (χ0v) is 6.45. The van der Waals surface area contributed by atoms with E-state index in [1.54, 1.807) is 0 Å². The molecule has 1 atom stereocenters. The number of nitrogens with zero attached hydrogens (tertiary/aromatic N) is 1. The van der Waals surface area contributed by atoms with Crippen LogP contribution in [-0.2, 0) is 0 Å². The van der Waals surface area contributed by atoms with Crippen molar-refractivity contribution in [2.45, 2.75) is 12.2 Å². The predicted molar refractivity (Wildman–Crippen MR) is 38.4 cm³/mol. The van der Waals surface area contributed by atoms with Crippen molar-refractivity contribution in [2.24, 2.45) is 5.73 Å². The van der Waals surface area contributed by atoms with Gasteiger partial charge in [0, 0.05) is 12.1 Å². The van der Waals surface area contributed by atoms with Gasteiger partial charge in [0.15, 0.2) is 12.4 Å². The molecule has 0 spiro atoms. The molecular weight excluding hydrogens is 185 g/mol. The van der Waals surface area contributed by atoms with Crippen molar-refractivity contribution >= 4 is 0 Å². The van der Waals surface area contributed by atoms with E-state index < -0.39 is 12.2 Å². The van der Waals surface area contributed by atoms with Crippen LogP contribution in [0.1, 0.15) is 11.6 Å². The maximum atomic E-state index is 12.0. The van der Waals surface area contributed by atoms with E-state index in [4.69, 9.17) is 5.73 Å². The number of rotatable bonds is 1. The van der Waals surface area contributed by atoms with Gasteiger partial charge in [0.25, 0.3) is 0 Å². The van der Waals surface area contributed by atoms with E-state index in [9.17, 15) is 18.4 Å². The highest BCUT2D eigenvalue weighted by Crippen LogP contribution is 2.29. The summed E-state index contributed by atoms with van der Waals surface area (Å²) in [6.07, 6.45) is -2.53. The van der Waals surface area contributed by atoms with E-state index in [1.165, 1.54) is 0 Å². The van der Waals surface area contributed by atoms with Crippen LogP contribution in [0, 0.1) is 5.21 Å². The maximum Gasteiger partial charge on any atom is 0.407 e. The van der Waals surface area contributed by atoms with E-state index in [2.05, 4.69) is 0 Å². The highest BCUT2D eigenvalue weighted by Gasteiger charge is 2.37. The van der Waals surface area contributed by atoms with Crippen LogP contribution in [0.4, 0.5) is 13.2 Å². The highest BCUT2D eigenvalue weighted by atomic mass is 19.4. The average molecular weight is 192 g/mol. The smallest absolute Gasteiger partial charge is 0.407 e. The zero-order valence-electron chi connectivity index (χ0n) is 6.45. The lowest BCUT2D eigenvalue weighted by Gasteiger charge is -2.14. The van der Waals surface area contributed by atoms with Gasteiger partial charge >= 0.3 is 6.18 Å². The summed E-state index contributed by atoms with van der Waals surface area (Å²) in [5, 5.41) is 10.5. The van der Waals surface area contributed by atoms with Crippen LogP contribution in [0.25, 0.3) is 0 Å². The first-order valence-corrected chi connectivity index (χ1v) is 3.42. The SMILES string of the molecule is NC(c1cc[n+]([O-])cc1)C(F)(F)F. The number of aromatic nitrogens is 1. The first kappa shape index (κ1) is 9.79. The summed E-state index contributed by atoms with van der Waals surface area (Å²) in [4.78, 5) is 0. The quantitative estimate of drug-likeness (QED) is 0.530. The molecule has 1 unspecified atom stereocenters. The number of hydrogen-bond acceptors (Lipinski definition) is 2. The topological polar surface area (TPSA) is 53.0 Å². The molecule has 2 N–H and O–H groups in total. The molecule has 0 aliphatic heterocycles. The molecule has 6 heteroatoms. The molecule has 0 aliphatic rings. The van der Waals surface area contributed by atoms with Crippen molar-refractivity contribution in [3.63, 3.8) is 0 Å². The Kier molecular flexibility index (Phi) is 2.42. The molecule has 0 saturated heterocycles. The Hall–Kier alpha value is -1.30. The molecule has 0 radical (unpaired) electrons. The summed E-state index contributed by atoms with van der Waals surface area (Å²) >= 11 is 0. The Morgan fingerprint density at radius 1 is 1.31 bits per heavy atom. The fourth-order valence-corrected chi connectivity index (χ4v) is 0.821. The van der Waals surface area contributed by atoms with Crippen LogP contribution in [-0.4, -0.2) is 6.18 Å². The molecule has 1 aromatic heterocycles. The summed E-state index contributed by atoms with van der Waals surface area (Å²) in [7, 11) is 0. The standard InChI is InChI=1S/C7H7F3N2O/c8-7(9,10)6(11)5-1-3-12(13)4-2-5/h1-4,6H,11H2. The van der Waals surface area contributed by atoms with Crippen LogP contribution >= 0.6 is 0 Å². The van der Waals surface area contributed by atoms with Crippen molar-refractivity contribution in [1.29, 1.82) is 0 Å². The summed E-state index contributed by atoms with van der Waals surface area (Å²) in [5.41, 5.74) is 4.76. The van der Waals surface area contributed by atoms with Gasteiger partial charge in [-0.05, 0) is 5.56 Å². The van der Waals surface area contributed by atoms with Crippen molar-refractivity contribution < 1.29 is 17.9 Å². The van der Waals surface area contributed by atoms with E-state index in [0.717, 1.165) is 24.5 Å². The Labute approximate surface area is 72.2 Å². The molecule has 0 aromatic carbocycles.